The van der Waals surface area contributed by atoms with Crippen molar-refractivity contribution in [3.8, 4) is 0 Å². The topological polar surface area (TPSA) is 29.3 Å². The highest BCUT2D eigenvalue weighted by atomic mass is 15.1. The number of nitrogens with two attached hydrogens (primary N) is 1. The van der Waals surface area contributed by atoms with E-state index in [2.05, 4.69) is 57.8 Å². The molecule has 18 heavy (non-hydrogen) atoms. The van der Waals surface area contributed by atoms with Crippen LogP contribution in [0.25, 0.3) is 0 Å². The summed E-state index contributed by atoms with van der Waals surface area (Å²) >= 11 is 0. The highest BCUT2D eigenvalue weighted by Gasteiger charge is 2.06. The summed E-state index contributed by atoms with van der Waals surface area (Å²) in [5, 5.41) is 0. The molecule has 0 radical (unpaired) electrons. The largest absolute Gasteiger partial charge is 0.375 e. The number of hydrogen-bond acceptors (Lipinski definition) is 2. The van der Waals surface area contributed by atoms with E-state index in [9.17, 15) is 0 Å². The molecule has 1 atom stereocenters. The Balaban J connectivity index is 2.71. The molecule has 0 aliphatic heterocycles. The van der Waals surface area contributed by atoms with Crippen LogP contribution < -0.4 is 10.6 Å². The summed E-state index contributed by atoms with van der Waals surface area (Å²) in [6.45, 7) is 9.89. The van der Waals surface area contributed by atoms with Gasteiger partial charge in [0.1, 0.15) is 0 Å². The molecule has 0 spiro atoms. The molecule has 1 unspecified atom stereocenters. The molecule has 0 saturated heterocycles. The second-order valence-electron chi connectivity index (χ2n) is 5.90. The van der Waals surface area contributed by atoms with Crippen molar-refractivity contribution < 1.29 is 0 Å². The summed E-state index contributed by atoms with van der Waals surface area (Å²) in [5.74, 6) is 0.755. The van der Waals surface area contributed by atoms with Gasteiger partial charge in [-0.05, 0) is 55.9 Å². The normalized spacial score (nSPS) is 12.8. The van der Waals surface area contributed by atoms with Crippen LogP contribution >= 0.6 is 0 Å². The van der Waals surface area contributed by atoms with Crippen molar-refractivity contribution in [3.63, 3.8) is 0 Å². The Hall–Kier alpha value is -1.02. The van der Waals surface area contributed by atoms with Crippen molar-refractivity contribution in [2.45, 2.75) is 46.6 Å². The molecule has 1 aromatic rings. The molecule has 102 valence electrons. The number of hydrogen-bond donors (Lipinski definition) is 1. The monoisotopic (exact) mass is 248 g/mol. The van der Waals surface area contributed by atoms with Gasteiger partial charge in [0.15, 0.2) is 0 Å². The van der Waals surface area contributed by atoms with Gasteiger partial charge in [-0.15, -0.1) is 0 Å². The molecule has 1 aromatic carbocycles. The lowest BCUT2D eigenvalue weighted by Crippen LogP contribution is -2.21. The summed E-state index contributed by atoms with van der Waals surface area (Å²) in [5.41, 5.74) is 9.88. The molecular weight excluding hydrogens is 220 g/mol. The fourth-order valence-corrected chi connectivity index (χ4v) is 2.07. The average molecular weight is 248 g/mol. The van der Waals surface area contributed by atoms with E-state index in [4.69, 9.17) is 5.73 Å². The van der Waals surface area contributed by atoms with Crippen LogP contribution in [0.3, 0.4) is 0 Å². The molecule has 1 rings (SSSR count). The summed E-state index contributed by atoms with van der Waals surface area (Å²) in [6.07, 6.45) is 2.19. The molecule has 0 aliphatic carbocycles. The molecule has 0 saturated carbocycles. The first kappa shape index (κ1) is 15.0. The fourth-order valence-electron chi connectivity index (χ4n) is 2.07. The van der Waals surface area contributed by atoms with Gasteiger partial charge in [0.05, 0.1) is 0 Å². The average Bonchev–Trinajstić information content (AvgIpc) is 2.28. The van der Waals surface area contributed by atoms with E-state index >= 15 is 0 Å². The minimum Gasteiger partial charge on any atom is -0.375 e. The first-order valence-electron chi connectivity index (χ1n) is 6.96. The highest BCUT2D eigenvalue weighted by molar-refractivity contribution is 5.50. The van der Waals surface area contributed by atoms with Gasteiger partial charge < -0.3 is 10.6 Å². The number of aryl methyl sites for hydroxylation is 1. The Morgan fingerprint density at radius 3 is 2.39 bits per heavy atom. The van der Waals surface area contributed by atoms with E-state index < -0.39 is 0 Å². The van der Waals surface area contributed by atoms with Crippen molar-refractivity contribution in [2.75, 3.05) is 18.5 Å². The van der Waals surface area contributed by atoms with E-state index in [-0.39, 0.29) is 6.04 Å². The quantitative estimate of drug-likeness (QED) is 0.836. The third-order valence-electron chi connectivity index (χ3n) is 3.35. The third kappa shape index (κ3) is 4.69. The standard InChI is InChI=1S/C16H28N2/c1-12(2)8-9-18(5)16-7-6-15(11-14(4)17)13(3)10-16/h6-7,10,12,14H,8-9,11,17H2,1-5H3. The van der Waals surface area contributed by atoms with E-state index in [1.807, 2.05) is 0 Å². The Morgan fingerprint density at radius 1 is 1.22 bits per heavy atom. The number of nitrogens with zero attached hydrogens (tertiary/aromatic N) is 1. The maximum atomic E-state index is 5.86. The first-order chi connectivity index (χ1) is 8.40. The fraction of sp³-hybridized carbons (Fsp3) is 0.625. The summed E-state index contributed by atoms with van der Waals surface area (Å²) in [4.78, 5) is 2.34. The zero-order valence-electron chi connectivity index (χ0n) is 12.5. The lowest BCUT2D eigenvalue weighted by molar-refractivity contribution is 0.585. The van der Waals surface area contributed by atoms with Crippen molar-refractivity contribution in [1.82, 2.24) is 0 Å². The molecule has 2 N–H and O–H groups in total. The van der Waals surface area contributed by atoms with Crippen LogP contribution in [0.1, 0.15) is 38.3 Å². The molecule has 0 aromatic heterocycles. The third-order valence-corrected chi connectivity index (χ3v) is 3.35. The van der Waals surface area contributed by atoms with E-state index in [0.29, 0.717) is 0 Å². The molecule has 0 fully saturated rings. The van der Waals surface area contributed by atoms with Gasteiger partial charge in [0.25, 0.3) is 0 Å². The van der Waals surface area contributed by atoms with Gasteiger partial charge >= 0.3 is 0 Å². The molecule has 0 heterocycles. The Bertz CT molecular complexity index is 369. The minimum atomic E-state index is 0.230. The van der Waals surface area contributed by atoms with Crippen molar-refractivity contribution in [3.05, 3.63) is 29.3 Å². The van der Waals surface area contributed by atoms with Gasteiger partial charge in [-0.2, -0.15) is 0 Å². The van der Waals surface area contributed by atoms with Gasteiger partial charge in [0, 0.05) is 25.3 Å². The number of benzene rings is 1. The predicted octanol–water partition coefficient (Wildman–Crippen LogP) is 3.37. The molecule has 2 nitrogen and oxygen atoms in total. The van der Waals surface area contributed by atoms with Gasteiger partial charge in [-0.3, -0.25) is 0 Å². The van der Waals surface area contributed by atoms with E-state index in [0.717, 1.165) is 18.9 Å². The highest BCUT2D eigenvalue weighted by Crippen LogP contribution is 2.20. The summed E-state index contributed by atoms with van der Waals surface area (Å²) in [7, 11) is 2.17. The molecule has 2 heteroatoms. The van der Waals surface area contributed by atoms with Crippen LogP contribution in [-0.2, 0) is 6.42 Å². The van der Waals surface area contributed by atoms with Crippen molar-refractivity contribution in [1.29, 1.82) is 0 Å². The zero-order valence-corrected chi connectivity index (χ0v) is 12.5. The second kappa shape index (κ2) is 6.79. The van der Waals surface area contributed by atoms with Gasteiger partial charge in [0.2, 0.25) is 0 Å². The van der Waals surface area contributed by atoms with Gasteiger partial charge in [-0.1, -0.05) is 19.9 Å². The predicted molar refractivity (Wildman–Crippen MR) is 81.3 cm³/mol. The van der Waals surface area contributed by atoms with E-state index in [1.165, 1.54) is 23.2 Å². The smallest absolute Gasteiger partial charge is 0.0366 e. The summed E-state index contributed by atoms with van der Waals surface area (Å²) < 4.78 is 0. The Labute approximate surface area is 112 Å². The first-order valence-corrected chi connectivity index (χ1v) is 6.96. The number of anilines is 1. The lowest BCUT2D eigenvalue weighted by atomic mass is 10.0. The lowest BCUT2D eigenvalue weighted by Gasteiger charge is -2.22. The SMILES string of the molecule is Cc1cc(N(C)CCC(C)C)ccc1CC(C)N. The molecular formula is C16H28N2. The second-order valence-corrected chi connectivity index (χ2v) is 5.90. The zero-order chi connectivity index (χ0) is 13.7. The van der Waals surface area contributed by atoms with Crippen LogP contribution in [0.4, 0.5) is 5.69 Å². The number of rotatable bonds is 6. The van der Waals surface area contributed by atoms with Crippen LogP contribution in [-0.4, -0.2) is 19.6 Å². The minimum absolute atomic E-state index is 0.230. The van der Waals surface area contributed by atoms with Crippen LogP contribution in [0.5, 0.6) is 0 Å². The Kier molecular flexibility index (Phi) is 5.67. The van der Waals surface area contributed by atoms with Crippen LogP contribution in [0.2, 0.25) is 0 Å². The maximum absolute atomic E-state index is 5.86. The maximum Gasteiger partial charge on any atom is 0.0366 e. The van der Waals surface area contributed by atoms with E-state index in [1.54, 1.807) is 0 Å². The van der Waals surface area contributed by atoms with Gasteiger partial charge in [-0.25, -0.2) is 0 Å². The molecule has 0 aliphatic rings. The van der Waals surface area contributed by atoms with Crippen LogP contribution in [0.15, 0.2) is 18.2 Å². The molecule has 0 bridgehead atoms. The van der Waals surface area contributed by atoms with Crippen molar-refractivity contribution in [2.24, 2.45) is 11.7 Å². The van der Waals surface area contributed by atoms with Crippen LogP contribution in [0, 0.1) is 12.8 Å². The van der Waals surface area contributed by atoms with Crippen molar-refractivity contribution >= 4 is 5.69 Å². The Morgan fingerprint density at radius 2 is 1.89 bits per heavy atom. The summed E-state index contributed by atoms with van der Waals surface area (Å²) in [6, 6.07) is 6.94. The molecule has 0 amide bonds.